The number of para-hydroxylation sites is 1. The topological polar surface area (TPSA) is 3.24 Å². The van der Waals surface area contributed by atoms with Crippen LogP contribution in [0.1, 0.15) is 49.9 Å². The van der Waals surface area contributed by atoms with E-state index in [1.807, 2.05) is 11.3 Å². The molecular weight excluding hydrogens is 623 g/mol. The lowest BCUT2D eigenvalue weighted by Gasteiger charge is -2.29. The molecule has 1 aromatic heterocycles. The van der Waals surface area contributed by atoms with Gasteiger partial charge in [0.15, 0.2) is 0 Å². The first-order valence-electron chi connectivity index (χ1n) is 17.6. The van der Waals surface area contributed by atoms with Crippen LogP contribution >= 0.6 is 11.3 Å². The summed E-state index contributed by atoms with van der Waals surface area (Å²) in [6, 6.07) is 56.5. The van der Waals surface area contributed by atoms with Crippen molar-refractivity contribution in [1.29, 1.82) is 0 Å². The van der Waals surface area contributed by atoms with E-state index in [0.717, 1.165) is 5.69 Å². The van der Waals surface area contributed by atoms with Gasteiger partial charge in [0.05, 0.1) is 0 Å². The zero-order chi connectivity index (χ0) is 33.8. The molecule has 50 heavy (non-hydrogen) atoms. The van der Waals surface area contributed by atoms with Crippen LogP contribution in [0.15, 0.2) is 152 Å². The fourth-order valence-corrected chi connectivity index (χ4v) is 10.1. The molecule has 7 aromatic carbocycles. The van der Waals surface area contributed by atoms with Crippen molar-refractivity contribution in [2.24, 2.45) is 0 Å². The smallest absolute Gasteiger partial charge is 0.0468 e. The van der Waals surface area contributed by atoms with Crippen molar-refractivity contribution in [3.05, 3.63) is 174 Å². The van der Waals surface area contributed by atoms with Crippen LogP contribution in [0.25, 0.3) is 53.6 Å². The molecule has 0 amide bonds. The molecule has 2 aliphatic rings. The van der Waals surface area contributed by atoms with Gasteiger partial charge < -0.3 is 4.90 Å². The predicted molar refractivity (Wildman–Crippen MR) is 215 cm³/mol. The number of anilines is 3. The third kappa shape index (κ3) is 4.06. The third-order valence-corrected chi connectivity index (χ3v) is 12.6. The number of thiophene rings is 1. The molecular formula is C48H37NS. The lowest BCUT2D eigenvalue weighted by Crippen LogP contribution is -2.17. The summed E-state index contributed by atoms with van der Waals surface area (Å²) in [5, 5.41) is 2.70. The van der Waals surface area contributed by atoms with E-state index in [-0.39, 0.29) is 10.8 Å². The average Bonchev–Trinajstić information content (AvgIpc) is 3.71. The second-order valence-corrected chi connectivity index (χ2v) is 16.0. The molecule has 2 aliphatic carbocycles. The minimum absolute atomic E-state index is 0.0789. The summed E-state index contributed by atoms with van der Waals surface area (Å²) in [5.41, 5.74) is 16.9. The normalized spacial score (nSPS) is 14.7. The molecule has 0 fully saturated rings. The Balaban J connectivity index is 1.23. The fraction of sp³-hybridized carbons (Fsp3) is 0.125. The van der Waals surface area contributed by atoms with Crippen molar-refractivity contribution in [1.82, 2.24) is 0 Å². The van der Waals surface area contributed by atoms with Crippen LogP contribution in [0.3, 0.4) is 0 Å². The van der Waals surface area contributed by atoms with Crippen LogP contribution in [0.2, 0.25) is 0 Å². The zero-order valence-corrected chi connectivity index (χ0v) is 29.6. The van der Waals surface area contributed by atoms with Crippen molar-refractivity contribution in [2.45, 2.75) is 38.5 Å². The minimum atomic E-state index is -0.141. The lowest BCUT2D eigenvalue weighted by atomic mass is 9.81. The van der Waals surface area contributed by atoms with E-state index in [1.54, 1.807) is 0 Å². The highest BCUT2D eigenvalue weighted by atomic mass is 32.1. The van der Waals surface area contributed by atoms with E-state index >= 15 is 0 Å². The number of rotatable bonds is 4. The highest BCUT2D eigenvalue weighted by molar-refractivity contribution is 7.26. The summed E-state index contributed by atoms with van der Waals surface area (Å²) in [4.78, 5) is 2.45. The lowest BCUT2D eigenvalue weighted by molar-refractivity contribution is 0.660. The Morgan fingerprint density at radius 1 is 0.420 bits per heavy atom. The van der Waals surface area contributed by atoms with Gasteiger partial charge in [0.1, 0.15) is 0 Å². The Labute approximate surface area is 298 Å². The van der Waals surface area contributed by atoms with Crippen molar-refractivity contribution in [3.8, 4) is 33.4 Å². The van der Waals surface area contributed by atoms with Crippen LogP contribution in [0.5, 0.6) is 0 Å². The maximum Gasteiger partial charge on any atom is 0.0468 e. The molecule has 0 N–H and O–H groups in total. The number of fused-ring (bicyclic) bond motifs is 9. The minimum Gasteiger partial charge on any atom is -0.310 e. The predicted octanol–water partition coefficient (Wildman–Crippen LogP) is 13.8. The van der Waals surface area contributed by atoms with Crippen molar-refractivity contribution in [3.63, 3.8) is 0 Å². The van der Waals surface area contributed by atoms with Gasteiger partial charge in [0.2, 0.25) is 0 Å². The van der Waals surface area contributed by atoms with E-state index in [0.29, 0.717) is 0 Å². The first kappa shape index (κ1) is 29.5. The summed E-state index contributed by atoms with van der Waals surface area (Å²) in [5.74, 6) is 0. The van der Waals surface area contributed by atoms with Gasteiger partial charge in [0, 0.05) is 48.1 Å². The van der Waals surface area contributed by atoms with Gasteiger partial charge in [-0.2, -0.15) is 0 Å². The standard InChI is InChI=1S/C48H37NS/c1-47(2)38-21-13-11-19-34(38)35-25-23-33(28-40(35)47)49(31-17-9-6-10-18-31)32-24-26-39-37(27-32)45-41(48(39,3)4)29-43-46(36-20-12-14-22-42(36)50-43)44(45)30-15-7-5-8-16-30/h5-29H,1-4H3. The SMILES string of the molecule is CC1(C)c2ccccc2-c2ccc(N(c3ccccc3)c3ccc4c(c3)-c3c(cc5sc6ccccc6c5c3-c3ccccc3)C4(C)C)cc21. The van der Waals surface area contributed by atoms with Crippen LogP contribution in [-0.2, 0) is 10.8 Å². The molecule has 0 bridgehead atoms. The van der Waals surface area contributed by atoms with Crippen LogP contribution < -0.4 is 4.90 Å². The first-order chi connectivity index (χ1) is 24.3. The Morgan fingerprint density at radius 2 is 1.04 bits per heavy atom. The van der Waals surface area contributed by atoms with Gasteiger partial charge >= 0.3 is 0 Å². The molecule has 10 rings (SSSR count). The summed E-state index contributed by atoms with van der Waals surface area (Å²) >= 11 is 1.92. The summed E-state index contributed by atoms with van der Waals surface area (Å²) in [6.07, 6.45) is 0. The Morgan fingerprint density at radius 3 is 1.86 bits per heavy atom. The van der Waals surface area contributed by atoms with Crippen LogP contribution in [0.4, 0.5) is 17.1 Å². The number of benzene rings is 7. The Hall–Kier alpha value is -5.44. The molecule has 0 unspecified atom stereocenters. The number of nitrogens with zero attached hydrogens (tertiary/aromatic N) is 1. The van der Waals surface area contributed by atoms with Gasteiger partial charge in [-0.05, 0) is 104 Å². The van der Waals surface area contributed by atoms with Gasteiger partial charge in [-0.3, -0.25) is 0 Å². The fourth-order valence-electron chi connectivity index (χ4n) is 8.98. The first-order valence-corrected chi connectivity index (χ1v) is 18.4. The van der Waals surface area contributed by atoms with Crippen LogP contribution in [0, 0.1) is 0 Å². The highest BCUT2D eigenvalue weighted by Gasteiger charge is 2.40. The Kier molecular flexibility index (Phi) is 6.21. The van der Waals surface area contributed by atoms with Crippen molar-refractivity contribution in [2.75, 3.05) is 4.90 Å². The molecule has 0 spiro atoms. The molecule has 1 heterocycles. The van der Waals surface area contributed by atoms with Gasteiger partial charge in [0.25, 0.3) is 0 Å². The quantitative estimate of drug-likeness (QED) is 0.182. The van der Waals surface area contributed by atoms with Gasteiger partial charge in [-0.15, -0.1) is 11.3 Å². The maximum atomic E-state index is 2.50. The van der Waals surface area contributed by atoms with Crippen molar-refractivity contribution >= 4 is 48.6 Å². The molecule has 0 radical (unpaired) electrons. The zero-order valence-electron chi connectivity index (χ0n) is 28.8. The maximum absolute atomic E-state index is 2.50. The van der Waals surface area contributed by atoms with Gasteiger partial charge in [-0.1, -0.05) is 131 Å². The average molecular weight is 660 g/mol. The molecule has 2 heteroatoms. The van der Waals surface area contributed by atoms with E-state index in [4.69, 9.17) is 0 Å². The molecule has 0 aliphatic heterocycles. The summed E-state index contributed by atoms with van der Waals surface area (Å²) < 4.78 is 2.70. The molecule has 0 saturated heterocycles. The van der Waals surface area contributed by atoms with Crippen LogP contribution in [-0.4, -0.2) is 0 Å². The molecule has 1 nitrogen and oxygen atoms in total. The molecule has 8 aromatic rings. The molecule has 0 atom stereocenters. The van der Waals surface area contributed by atoms with Gasteiger partial charge in [-0.25, -0.2) is 0 Å². The third-order valence-electron chi connectivity index (χ3n) is 11.4. The highest BCUT2D eigenvalue weighted by Crippen LogP contribution is 2.58. The van der Waals surface area contributed by atoms with E-state index in [2.05, 4.69) is 184 Å². The number of hydrogen-bond donors (Lipinski definition) is 0. The number of hydrogen-bond acceptors (Lipinski definition) is 2. The van der Waals surface area contributed by atoms with E-state index in [9.17, 15) is 0 Å². The second kappa shape index (κ2) is 10.5. The van der Waals surface area contributed by atoms with Crippen molar-refractivity contribution < 1.29 is 0 Å². The second-order valence-electron chi connectivity index (χ2n) is 14.9. The summed E-state index contributed by atoms with van der Waals surface area (Å²) in [6.45, 7) is 9.53. The Bertz CT molecular complexity index is 2640. The summed E-state index contributed by atoms with van der Waals surface area (Å²) in [7, 11) is 0. The molecule has 240 valence electrons. The van der Waals surface area contributed by atoms with E-state index in [1.165, 1.54) is 87.2 Å². The largest absolute Gasteiger partial charge is 0.310 e. The van der Waals surface area contributed by atoms with E-state index < -0.39 is 0 Å². The monoisotopic (exact) mass is 659 g/mol. The molecule has 0 saturated carbocycles.